The number of fused-ring (bicyclic) bond motifs is 1. The summed E-state index contributed by atoms with van der Waals surface area (Å²) < 4.78 is 14.8. The summed E-state index contributed by atoms with van der Waals surface area (Å²) in [5, 5.41) is 11.7. The normalized spacial score (nSPS) is 12.0. The number of nitrogens with zero attached hydrogens (tertiary/aromatic N) is 4. The molecule has 0 fully saturated rings. The van der Waals surface area contributed by atoms with Crippen molar-refractivity contribution in [1.82, 2.24) is 14.5 Å². The third-order valence-corrected chi connectivity index (χ3v) is 3.04. The van der Waals surface area contributed by atoms with Crippen molar-refractivity contribution in [2.24, 2.45) is 10.9 Å². The lowest BCUT2D eigenvalue weighted by molar-refractivity contribution is 0.317. The Morgan fingerprint density at radius 1 is 1.29 bits per heavy atom. The van der Waals surface area contributed by atoms with Crippen molar-refractivity contribution >= 4 is 16.9 Å². The molecule has 21 heavy (non-hydrogen) atoms. The Hall–Kier alpha value is -2.96. The molecular formula is C14H12FN5O. The van der Waals surface area contributed by atoms with Crippen molar-refractivity contribution in [2.75, 3.05) is 0 Å². The van der Waals surface area contributed by atoms with Crippen LogP contribution in [0.15, 0.2) is 47.8 Å². The Kier molecular flexibility index (Phi) is 3.23. The lowest BCUT2D eigenvalue weighted by Gasteiger charge is -2.07. The second-order valence-electron chi connectivity index (χ2n) is 4.45. The Labute approximate surface area is 119 Å². The van der Waals surface area contributed by atoms with Gasteiger partial charge < -0.3 is 10.9 Å². The van der Waals surface area contributed by atoms with E-state index in [9.17, 15) is 4.39 Å². The predicted octanol–water partition coefficient (Wildman–Crippen LogP) is 1.85. The van der Waals surface area contributed by atoms with Gasteiger partial charge in [0.1, 0.15) is 23.3 Å². The highest BCUT2D eigenvalue weighted by atomic mass is 19.1. The largest absolute Gasteiger partial charge is 0.409 e. The van der Waals surface area contributed by atoms with E-state index in [1.54, 1.807) is 10.6 Å². The Morgan fingerprint density at radius 3 is 2.81 bits per heavy atom. The van der Waals surface area contributed by atoms with Crippen molar-refractivity contribution < 1.29 is 9.60 Å². The van der Waals surface area contributed by atoms with E-state index in [1.807, 2.05) is 24.3 Å². The van der Waals surface area contributed by atoms with Gasteiger partial charge in [-0.15, -0.1) is 0 Å². The number of rotatable bonds is 3. The van der Waals surface area contributed by atoms with Gasteiger partial charge in [-0.1, -0.05) is 17.3 Å². The molecule has 0 saturated heterocycles. The molecule has 0 radical (unpaired) electrons. The summed E-state index contributed by atoms with van der Waals surface area (Å²) in [5.74, 6) is 0.700. The molecule has 2 aromatic heterocycles. The highest BCUT2D eigenvalue weighted by Gasteiger charge is 2.14. The van der Waals surface area contributed by atoms with Crippen molar-refractivity contribution in [3.8, 4) is 5.82 Å². The van der Waals surface area contributed by atoms with Gasteiger partial charge in [0.2, 0.25) is 0 Å². The maximum absolute atomic E-state index is 13.0. The molecule has 0 atom stereocenters. The van der Waals surface area contributed by atoms with E-state index in [0.29, 0.717) is 11.6 Å². The first kappa shape index (κ1) is 13.0. The maximum Gasteiger partial charge on any atom is 0.146 e. The summed E-state index contributed by atoms with van der Waals surface area (Å²) in [7, 11) is 0. The van der Waals surface area contributed by atoms with Crippen LogP contribution in [0.4, 0.5) is 4.39 Å². The standard InChI is InChI=1S/C14H12FN5O/c15-9-5-6-13(17-8-9)20-11-4-2-1-3-10(11)18-14(20)7-12(16)19-21/h1-6,8,21H,7H2,(H2,16,19). The first-order valence-electron chi connectivity index (χ1n) is 6.23. The molecule has 3 N–H and O–H groups in total. The van der Waals surface area contributed by atoms with Crippen molar-refractivity contribution in [3.05, 3.63) is 54.2 Å². The number of hydrogen-bond acceptors (Lipinski definition) is 4. The number of pyridine rings is 1. The highest BCUT2D eigenvalue weighted by Crippen LogP contribution is 2.20. The lowest BCUT2D eigenvalue weighted by Crippen LogP contribution is -2.18. The van der Waals surface area contributed by atoms with Gasteiger partial charge >= 0.3 is 0 Å². The highest BCUT2D eigenvalue weighted by molar-refractivity contribution is 5.84. The van der Waals surface area contributed by atoms with E-state index >= 15 is 0 Å². The van der Waals surface area contributed by atoms with E-state index in [1.165, 1.54) is 6.07 Å². The van der Waals surface area contributed by atoms with Crippen LogP contribution in [0, 0.1) is 5.82 Å². The minimum absolute atomic E-state index is 0.0358. The van der Waals surface area contributed by atoms with Gasteiger partial charge in [0.05, 0.1) is 23.7 Å². The molecule has 2 heterocycles. The van der Waals surface area contributed by atoms with Crippen LogP contribution in [0.25, 0.3) is 16.9 Å². The van der Waals surface area contributed by atoms with Crippen LogP contribution in [0.5, 0.6) is 0 Å². The minimum Gasteiger partial charge on any atom is -0.409 e. The zero-order valence-electron chi connectivity index (χ0n) is 10.9. The van der Waals surface area contributed by atoms with E-state index in [4.69, 9.17) is 10.9 Å². The molecule has 3 rings (SSSR count). The molecule has 0 bridgehead atoms. The maximum atomic E-state index is 13.0. The van der Waals surface area contributed by atoms with Gasteiger partial charge in [-0.05, 0) is 24.3 Å². The van der Waals surface area contributed by atoms with Crippen LogP contribution in [0.1, 0.15) is 5.82 Å². The molecule has 0 spiro atoms. The molecule has 0 amide bonds. The number of hydrogen-bond donors (Lipinski definition) is 2. The molecule has 0 aliphatic rings. The Bertz CT molecular complexity index is 810. The summed E-state index contributed by atoms with van der Waals surface area (Å²) in [6.45, 7) is 0. The topological polar surface area (TPSA) is 89.3 Å². The summed E-state index contributed by atoms with van der Waals surface area (Å²) in [6, 6.07) is 10.3. The molecule has 0 aliphatic carbocycles. The van der Waals surface area contributed by atoms with Crippen LogP contribution in [0.2, 0.25) is 0 Å². The van der Waals surface area contributed by atoms with Crippen LogP contribution < -0.4 is 5.73 Å². The number of aromatic nitrogens is 3. The first-order chi connectivity index (χ1) is 10.2. The number of para-hydroxylation sites is 2. The number of oxime groups is 1. The van der Waals surface area contributed by atoms with Crippen LogP contribution in [0.3, 0.4) is 0 Å². The molecule has 1 aromatic carbocycles. The Balaban J connectivity index is 2.22. The summed E-state index contributed by atoms with van der Waals surface area (Å²) in [6.07, 6.45) is 1.29. The zero-order chi connectivity index (χ0) is 14.8. The molecule has 7 heteroatoms. The monoisotopic (exact) mass is 285 g/mol. The van der Waals surface area contributed by atoms with Crippen LogP contribution in [-0.2, 0) is 6.42 Å². The minimum atomic E-state index is -0.416. The molecule has 0 saturated carbocycles. The van der Waals surface area contributed by atoms with Crippen molar-refractivity contribution in [2.45, 2.75) is 6.42 Å². The van der Waals surface area contributed by atoms with Crippen molar-refractivity contribution in [3.63, 3.8) is 0 Å². The molecule has 3 aromatic rings. The second kappa shape index (κ2) is 5.20. The second-order valence-corrected chi connectivity index (χ2v) is 4.45. The SMILES string of the molecule is NC(Cc1nc2ccccc2n1-c1ccc(F)cn1)=NO. The van der Waals surface area contributed by atoms with Crippen molar-refractivity contribution in [1.29, 1.82) is 0 Å². The quantitative estimate of drug-likeness (QED) is 0.332. The van der Waals surface area contributed by atoms with E-state index in [0.717, 1.165) is 17.2 Å². The van der Waals surface area contributed by atoms with E-state index in [-0.39, 0.29) is 12.3 Å². The predicted molar refractivity (Wildman–Crippen MR) is 75.9 cm³/mol. The van der Waals surface area contributed by atoms with Gasteiger partial charge in [0.25, 0.3) is 0 Å². The average molecular weight is 285 g/mol. The number of amidine groups is 1. The molecule has 0 unspecified atom stereocenters. The third kappa shape index (κ3) is 2.40. The van der Waals surface area contributed by atoms with Crippen LogP contribution >= 0.6 is 0 Å². The summed E-state index contributed by atoms with van der Waals surface area (Å²) in [4.78, 5) is 8.53. The van der Waals surface area contributed by atoms with E-state index in [2.05, 4.69) is 15.1 Å². The molecule has 6 nitrogen and oxygen atoms in total. The number of benzene rings is 1. The Morgan fingerprint density at radius 2 is 2.10 bits per heavy atom. The van der Waals surface area contributed by atoms with Crippen LogP contribution in [-0.4, -0.2) is 25.6 Å². The lowest BCUT2D eigenvalue weighted by atomic mass is 10.3. The average Bonchev–Trinajstić information content (AvgIpc) is 2.86. The fourth-order valence-corrected chi connectivity index (χ4v) is 2.15. The summed E-state index contributed by atoms with van der Waals surface area (Å²) in [5.41, 5.74) is 7.14. The molecule has 0 aliphatic heterocycles. The molecular weight excluding hydrogens is 273 g/mol. The fourth-order valence-electron chi connectivity index (χ4n) is 2.15. The van der Waals surface area contributed by atoms with E-state index < -0.39 is 5.82 Å². The number of halogens is 1. The van der Waals surface area contributed by atoms with Gasteiger partial charge in [0, 0.05) is 0 Å². The van der Waals surface area contributed by atoms with Gasteiger partial charge in [0.15, 0.2) is 0 Å². The van der Waals surface area contributed by atoms with Gasteiger partial charge in [-0.25, -0.2) is 14.4 Å². The smallest absolute Gasteiger partial charge is 0.146 e. The number of imidazole rings is 1. The van der Waals surface area contributed by atoms with Gasteiger partial charge in [-0.2, -0.15) is 0 Å². The molecule has 106 valence electrons. The fraction of sp³-hybridized carbons (Fsp3) is 0.0714. The third-order valence-electron chi connectivity index (χ3n) is 3.04. The summed E-state index contributed by atoms with van der Waals surface area (Å²) >= 11 is 0. The first-order valence-corrected chi connectivity index (χ1v) is 6.23. The number of nitrogens with two attached hydrogens (primary N) is 1. The zero-order valence-corrected chi connectivity index (χ0v) is 10.9. The van der Waals surface area contributed by atoms with Gasteiger partial charge in [-0.3, -0.25) is 4.57 Å².